The second kappa shape index (κ2) is 10.9. The number of aryl methyl sites for hydroxylation is 1. The third kappa shape index (κ3) is 5.26. The smallest absolute Gasteiger partial charge is 0.229 e. The number of hydrogen-bond donors (Lipinski definition) is 2. The van der Waals surface area contributed by atoms with Crippen molar-refractivity contribution in [3.63, 3.8) is 0 Å². The molecule has 2 aromatic carbocycles. The molecular weight excluding hydrogens is 470 g/mol. The number of nitrogens with one attached hydrogen (secondary N) is 2. The number of benzene rings is 2. The largest absolute Gasteiger partial charge is 0.493 e. The van der Waals surface area contributed by atoms with E-state index in [0.29, 0.717) is 35.4 Å². The molecule has 9 nitrogen and oxygen atoms in total. The molecule has 1 fully saturated rings. The van der Waals surface area contributed by atoms with Gasteiger partial charge in [-0.05, 0) is 42.9 Å². The Bertz CT molecular complexity index is 1240. The lowest BCUT2D eigenvalue weighted by Crippen LogP contribution is -2.44. The lowest BCUT2D eigenvalue weighted by atomic mass is 9.96. The van der Waals surface area contributed by atoms with Crippen LogP contribution in [0.2, 0.25) is 0 Å². The Morgan fingerprint density at radius 3 is 2.57 bits per heavy atom. The highest BCUT2D eigenvalue weighted by molar-refractivity contribution is 5.80. The van der Waals surface area contributed by atoms with Gasteiger partial charge in [-0.3, -0.25) is 4.79 Å². The number of methoxy groups -OCH3 is 3. The van der Waals surface area contributed by atoms with E-state index in [9.17, 15) is 4.79 Å². The Morgan fingerprint density at radius 2 is 1.81 bits per heavy atom. The van der Waals surface area contributed by atoms with E-state index >= 15 is 0 Å². The molecule has 0 bridgehead atoms. The molecule has 2 N–H and O–H groups in total. The van der Waals surface area contributed by atoms with E-state index in [2.05, 4.69) is 38.7 Å². The van der Waals surface area contributed by atoms with Crippen molar-refractivity contribution >= 4 is 23.4 Å². The highest BCUT2D eigenvalue weighted by Crippen LogP contribution is 2.40. The summed E-state index contributed by atoms with van der Waals surface area (Å²) in [6.07, 6.45) is 5.50. The maximum absolute atomic E-state index is 13.2. The van der Waals surface area contributed by atoms with Gasteiger partial charge in [0.25, 0.3) is 0 Å². The van der Waals surface area contributed by atoms with Gasteiger partial charge in [-0.25, -0.2) is 4.98 Å². The molecule has 2 aliphatic rings. The number of piperidine rings is 1. The van der Waals surface area contributed by atoms with Crippen molar-refractivity contribution in [3.05, 3.63) is 59.8 Å². The van der Waals surface area contributed by atoms with E-state index in [1.807, 2.05) is 12.1 Å². The summed E-state index contributed by atoms with van der Waals surface area (Å²) >= 11 is 0. The van der Waals surface area contributed by atoms with Gasteiger partial charge in [0.2, 0.25) is 17.6 Å². The van der Waals surface area contributed by atoms with E-state index in [4.69, 9.17) is 19.2 Å². The van der Waals surface area contributed by atoms with Gasteiger partial charge in [0.05, 0.1) is 33.3 Å². The predicted molar refractivity (Wildman–Crippen MR) is 142 cm³/mol. The topological polar surface area (TPSA) is 97.8 Å². The Morgan fingerprint density at radius 1 is 1.03 bits per heavy atom. The van der Waals surface area contributed by atoms with Gasteiger partial charge in [-0.1, -0.05) is 24.3 Å². The molecule has 37 heavy (non-hydrogen) atoms. The fraction of sp³-hybridized carbons (Fsp3) is 0.393. The van der Waals surface area contributed by atoms with Crippen LogP contribution >= 0.6 is 0 Å². The third-order valence-electron chi connectivity index (χ3n) is 7.13. The zero-order valence-electron chi connectivity index (χ0n) is 21.5. The van der Waals surface area contributed by atoms with Crippen LogP contribution in [0.3, 0.4) is 0 Å². The van der Waals surface area contributed by atoms with Gasteiger partial charge < -0.3 is 29.7 Å². The molecule has 1 saturated heterocycles. The Hall–Kier alpha value is -4.01. The standard InChI is InChI=1S/C28H33N5O4/c1-35-23-15-20(16-24(36-2)26(23)37-3)30-28-29-13-12-25(32-28)33-14-6-8-19(17-33)27(34)31-22-11-10-18-7-4-5-9-21(18)22/h4-5,7,9,12-13,15-16,19,22H,6,8,10-11,14,17H2,1-3H3,(H,31,34)(H,29,30,32). The summed E-state index contributed by atoms with van der Waals surface area (Å²) in [5.41, 5.74) is 3.30. The van der Waals surface area contributed by atoms with Crippen LogP contribution < -0.4 is 29.7 Å². The van der Waals surface area contributed by atoms with E-state index in [0.717, 1.165) is 38.0 Å². The van der Waals surface area contributed by atoms with Crippen LogP contribution in [0.4, 0.5) is 17.5 Å². The van der Waals surface area contributed by atoms with Crippen molar-refractivity contribution in [2.75, 3.05) is 44.6 Å². The minimum Gasteiger partial charge on any atom is -0.493 e. The Labute approximate surface area is 217 Å². The summed E-state index contributed by atoms with van der Waals surface area (Å²) in [5, 5.41) is 6.54. The van der Waals surface area contributed by atoms with Crippen molar-refractivity contribution < 1.29 is 19.0 Å². The third-order valence-corrected chi connectivity index (χ3v) is 7.13. The average Bonchev–Trinajstić information content (AvgIpc) is 3.35. The number of anilines is 3. The maximum atomic E-state index is 13.2. The van der Waals surface area contributed by atoms with Crippen LogP contribution in [0.1, 0.15) is 36.4 Å². The average molecular weight is 504 g/mol. The summed E-state index contributed by atoms with van der Waals surface area (Å²) < 4.78 is 16.3. The van der Waals surface area contributed by atoms with Crippen LogP contribution in [-0.4, -0.2) is 50.3 Å². The lowest BCUT2D eigenvalue weighted by Gasteiger charge is -2.33. The number of fused-ring (bicyclic) bond motifs is 1. The summed E-state index contributed by atoms with van der Waals surface area (Å²) in [5.74, 6) is 2.86. The Kier molecular flexibility index (Phi) is 7.30. The highest BCUT2D eigenvalue weighted by Gasteiger charge is 2.30. The molecule has 3 aromatic rings. The first kappa shape index (κ1) is 24.7. The van der Waals surface area contributed by atoms with Gasteiger partial charge in [0.15, 0.2) is 11.5 Å². The molecule has 1 aliphatic carbocycles. The molecule has 5 rings (SSSR count). The van der Waals surface area contributed by atoms with Crippen LogP contribution in [0.5, 0.6) is 17.2 Å². The summed E-state index contributed by atoms with van der Waals surface area (Å²) in [6, 6.07) is 14.0. The summed E-state index contributed by atoms with van der Waals surface area (Å²) in [6.45, 7) is 1.47. The number of carbonyl (C=O) groups is 1. The first-order valence-electron chi connectivity index (χ1n) is 12.6. The molecule has 0 spiro atoms. The maximum Gasteiger partial charge on any atom is 0.229 e. The van der Waals surface area contributed by atoms with Crippen molar-refractivity contribution in [2.45, 2.75) is 31.7 Å². The number of amides is 1. The first-order chi connectivity index (χ1) is 18.1. The van der Waals surface area contributed by atoms with Gasteiger partial charge in [0.1, 0.15) is 5.82 Å². The zero-order valence-corrected chi connectivity index (χ0v) is 21.5. The molecule has 1 amide bonds. The fourth-order valence-electron chi connectivity index (χ4n) is 5.26. The normalized spacial score (nSPS) is 18.6. The van der Waals surface area contributed by atoms with Crippen LogP contribution in [0.25, 0.3) is 0 Å². The van der Waals surface area contributed by atoms with Crippen molar-refractivity contribution in [1.82, 2.24) is 15.3 Å². The lowest BCUT2D eigenvalue weighted by molar-refractivity contribution is -0.126. The summed E-state index contributed by atoms with van der Waals surface area (Å²) in [4.78, 5) is 24.5. The molecule has 194 valence electrons. The number of nitrogens with zero attached hydrogens (tertiary/aromatic N) is 3. The molecule has 2 atom stereocenters. The van der Waals surface area contributed by atoms with Crippen LogP contribution in [-0.2, 0) is 11.2 Å². The minimum absolute atomic E-state index is 0.0806. The molecule has 9 heteroatoms. The van der Waals surface area contributed by atoms with E-state index < -0.39 is 0 Å². The van der Waals surface area contributed by atoms with E-state index in [1.54, 1.807) is 39.7 Å². The molecule has 1 aliphatic heterocycles. The monoisotopic (exact) mass is 503 g/mol. The molecule has 1 aromatic heterocycles. The number of ether oxygens (including phenoxy) is 3. The van der Waals surface area contributed by atoms with Gasteiger partial charge in [-0.15, -0.1) is 0 Å². The second-order valence-electron chi connectivity index (χ2n) is 9.36. The molecular formula is C28H33N5O4. The van der Waals surface area contributed by atoms with Crippen molar-refractivity contribution in [1.29, 1.82) is 0 Å². The number of aromatic nitrogens is 2. The van der Waals surface area contributed by atoms with Crippen LogP contribution in [0, 0.1) is 5.92 Å². The van der Waals surface area contributed by atoms with Gasteiger partial charge in [0, 0.05) is 37.1 Å². The van der Waals surface area contributed by atoms with Crippen molar-refractivity contribution in [2.24, 2.45) is 5.92 Å². The highest BCUT2D eigenvalue weighted by atomic mass is 16.5. The molecule has 0 radical (unpaired) electrons. The first-order valence-corrected chi connectivity index (χ1v) is 12.6. The number of rotatable bonds is 8. The second-order valence-corrected chi connectivity index (χ2v) is 9.36. The minimum atomic E-state index is -0.0806. The van der Waals surface area contributed by atoms with Crippen LogP contribution in [0.15, 0.2) is 48.7 Å². The van der Waals surface area contributed by atoms with Crippen molar-refractivity contribution in [3.8, 4) is 17.2 Å². The fourth-order valence-corrected chi connectivity index (χ4v) is 5.26. The quantitative estimate of drug-likeness (QED) is 0.471. The SMILES string of the molecule is COc1cc(Nc2nccc(N3CCCC(C(=O)NC4CCc5ccccc54)C3)n2)cc(OC)c1OC. The van der Waals surface area contributed by atoms with E-state index in [-0.39, 0.29) is 17.9 Å². The van der Waals surface area contributed by atoms with Gasteiger partial charge in [-0.2, -0.15) is 4.98 Å². The predicted octanol–water partition coefficient (Wildman–Crippen LogP) is 4.27. The Balaban J connectivity index is 1.27. The van der Waals surface area contributed by atoms with Gasteiger partial charge >= 0.3 is 0 Å². The van der Waals surface area contributed by atoms with E-state index in [1.165, 1.54) is 11.1 Å². The molecule has 0 saturated carbocycles. The number of hydrogen-bond acceptors (Lipinski definition) is 8. The zero-order chi connectivity index (χ0) is 25.8. The molecule has 2 unspecified atom stereocenters. The number of carbonyl (C=O) groups excluding carboxylic acids is 1. The summed E-state index contributed by atoms with van der Waals surface area (Å²) in [7, 11) is 4.72. The molecule has 2 heterocycles.